The van der Waals surface area contributed by atoms with Gasteiger partial charge in [0.1, 0.15) is 0 Å². The highest BCUT2D eigenvalue weighted by Gasteiger charge is 2.47. The molecule has 0 bridgehead atoms. The summed E-state index contributed by atoms with van der Waals surface area (Å²) in [5.74, 6) is 1.87. The Morgan fingerprint density at radius 1 is 1.00 bits per heavy atom. The van der Waals surface area contributed by atoms with Gasteiger partial charge in [0, 0.05) is 0 Å². The molecule has 1 aromatic rings. The van der Waals surface area contributed by atoms with Gasteiger partial charge in [-0.1, -0.05) is 29.8 Å². The maximum atomic E-state index is 2.35. The van der Waals surface area contributed by atoms with E-state index in [1.807, 2.05) is 5.57 Å². The van der Waals surface area contributed by atoms with Crippen molar-refractivity contribution in [3.05, 3.63) is 41.0 Å². The molecule has 0 amide bonds. The fraction of sp³-hybridized carbons (Fsp3) is 0.429. The second kappa shape index (κ2) is 2.31. The molecule has 1 fully saturated rings. The zero-order chi connectivity index (χ0) is 9.12. The van der Waals surface area contributed by atoms with Crippen LogP contribution < -0.4 is 0 Å². The molecule has 70 valence electrons. The summed E-state index contributed by atoms with van der Waals surface area (Å²) in [5.41, 5.74) is 6.80. The number of allylic oxidation sites excluding steroid dienone is 2. The predicted octanol–water partition coefficient (Wildman–Crippen LogP) is 3.74. The van der Waals surface area contributed by atoms with Crippen LogP contribution >= 0.6 is 0 Å². The SMILES string of the molecule is c1ccc2c(c1)C1=C(CCC1)C1CC21. The van der Waals surface area contributed by atoms with Crippen molar-refractivity contribution in [3.63, 3.8) is 0 Å². The van der Waals surface area contributed by atoms with Crippen molar-refractivity contribution in [1.82, 2.24) is 0 Å². The van der Waals surface area contributed by atoms with Crippen LogP contribution in [0, 0.1) is 5.92 Å². The molecule has 0 nitrogen and oxygen atoms in total. The molecule has 3 aliphatic rings. The molecule has 0 aliphatic heterocycles. The van der Waals surface area contributed by atoms with E-state index < -0.39 is 0 Å². The van der Waals surface area contributed by atoms with Gasteiger partial charge in [-0.25, -0.2) is 0 Å². The first-order valence-corrected chi connectivity index (χ1v) is 5.76. The molecule has 0 heterocycles. The van der Waals surface area contributed by atoms with Gasteiger partial charge in [0.15, 0.2) is 0 Å². The van der Waals surface area contributed by atoms with Crippen LogP contribution in [0.25, 0.3) is 5.57 Å². The summed E-state index contributed by atoms with van der Waals surface area (Å²) in [5, 5.41) is 0. The van der Waals surface area contributed by atoms with Crippen LogP contribution in [0.3, 0.4) is 0 Å². The maximum Gasteiger partial charge on any atom is -0.00839 e. The fourth-order valence-electron chi connectivity index (χ4n) is 3.50. The van der Waals surface area contributed by atoms with Crippen LogP contribution in [0.5, 0.6) is 0 Å². The van der Waals surface area contributed by atoms with Gasteiger partial charge in [0.25, 0.3) is 0 Å². The van der Waals surface area contributed by atoms with E-state index in [2.05, 4.69) is 24.3 Å². The van der Waals surface area contributed by atoms with Gasteiger partial charge >= 0.3 is 0 Å². The summed E-state index contributed by atoms with van der Waals surface area (Å²) < 4.78 is 0. The first-order chi connectivity index (χ1) is 6.95. The molecular weight excluding hydrogens is 168 g/mol. The van der Waals surface area contributed by atoms with E-state index >= 15 is 0 Å². The van der Waals surface area contributed by atoms with Crippen molar-refractivity contribution in [2.24, 2.45) is 5.92 Å². The molecule has 0 N–H and O–H groups in total. The minimum absolute atomic E-state index is 0.906. The molecule has 0 heteroatoms. The van der Waals surface area contributed by atoms with Crippen molar-refractivity contribution in [1.29, 1.82) is 0 Å². The van der Waals surface area contributed by atoms with E-state index in [0.29, 0.717) is 0 Å². The Morgan fingerprint density at radius 2 is 1.93 bits per heavy atom. The summed E-state index contributed by atoms with van der Waals surface area (Å²) in [6.45, 7) is 0. The molecule has 0 aromatic heterocycles. The summed E-state index contributed by atoms with van der Waals surface area (Å²) in [6, 6.07) is 9.09. The van der Waals surface area contributed by atoms with Crippen molar-refractivity contribution < 1.29 is 0 Å². The Hall–Kier alpha value is -1.04. The van der Waals surface area contributed by atoms with E-state index in [-0.39, 0.29) is 0 Å². The average Bonchev–Trinajstić information content (AvgIpc) is 2.89. The Labute approximate surface area is 84.6 Å². The highest BCUT2D eigenvalue weighted by atomic mass is 14.5. The highest BCUT2D eigenvalue weighted by molar-refractivity contribution is 5.77. The van der Waals surface area contributed by atoms with E-state index in [1.54, 1.807) is 16.7 Å². The molecule has 3 aliphatic carbocycles. The first-order valence-electron chi connectivity index (χ1n) is 5.76. The third-order valence-electron chi connectivity index (χ3n) is 4.18. The molecule has 0 radical (unpaired) electrons. The van der Waals surface area contributed by atoms with Gasteiger partial charge < -0.3 is 0 Å². The van der Waals surface area contributed by atoms with Crippen LogP contribution in [0.1, 0.15) is 42.7 Å². The molecule has 2 unspecified atom stereocenters. The summed E-state index contributed by atoms with van der Waals surface area (Å²) in [6.07, 6.45) is 5.58. The molecule has 14 heavy (non-hydrogen) atoms. The van der Waals surface area contributed by atoms with Crippen LogP contribution in [0.4, 0.5) is 0 Å². The van der Waals surface area contributed by atoms with Gasteiger partial charge in [-0.3, -0.25) is 0 Å². The van der Waals surface area contributed by atoms with Gasteiger partial charge in [-0.2, -0.15) is 0 Å². The largest absolute Gasteiger partial charge is 0.0627 e. The van der Waals surface area contributed by atoms with Gasteiger partial charge in [-0.05, 0) is 54.2 Å². The van der Waals surface area contributed by atoms with Crippen LogP contribution in [-0.4, -0.2) is 0 Å². The molecular formula is C14H14. The van der Waals surface area contributed by atoms with Crippen molar-refractivity contribution in [2.75, 3.05) is 0 Å². The Morgan fingerprint density at radius 3 is 2.93 bits per heavy atom. The lowest BCUT2D eigenvalue weighted by Gasteiger charge is -2.17. The number of fused-ring (bicyclic) bond motifs is 5. The topological polar surface area (TPSA) is 0 Å². The van der Waals surface area contributed by atoms with Crippen molar-refractivity contribution in [2.45, 2.75) is 31.6 Å². The number of rotatable bonds is 0. The minimum Gasteiger partial charge on any atom is -0.0627 e. The van der Waals surface area contributed by atoms with Crippen molar-refractivity contribution >= 4 is 5.57 Å². The predicted molar refractivity (Wildman–Crippen MR) is 58.1 cm³/mol. The molecule has 4 rings (SSSR count). The smallest absolute Gasteiger partial charge is 0.00839 e. The number of hydrogen-bond donors (Lipinski definition) is 0. The Kier molecular flexibility index (Phi) is 1.20. The molecule has 2 atom stereocenters. The molecule has 0 spiro atoms. The molecule has 0 saturated heterocycles. The maximum absolute atomic E-state index is 2.35. The lowest BCUT2D eigenvalue weighted by atomic mass is 9.87. The van der Waals surface area contributed by atoms with Gasteiger partial charge in [0.05, 0.1) is 0 Å². The standard InChI is InChI=1S/C14H14/c1-2-5-11-9(4-1)10-6-3-7-12(10)14-8-13(11)14/h1-2,4-5,13-14H,3,6-8H2. The van der Waals surface area contributed by atoms with Crippen LogP contribution in [0.2, 0.25) is 0 Å². The number of benzene rings is 1. The summed E-state index contributed by atoms with van der Waals surface area (Å²) >= 11 is 0. The second-order valence-electron chi connectivity index (χ2n) is 4.89. The average molecular weight is 182 g/mol. The zero-order valence-electron chi connectivity index (χ0n) is 8.29. The summed E-state index contributed by atoms with van der Waals surface area (Å²) in [7, 11) is 0. The van der Waals surface area contributed by atoms with Crippen LogP contribution in [-0.2, 0) is 0 Å². The highest BCUT2D eigenvalue weighted by Crippen LogP contribution is 2.61. The lowest BCUT2D eigenvalue weighted by Crippen LogP contribution is -2.00. The third kappa shape index (κ3) is 0.755. The van der Waals surface area contributed by atoms with Crippen LogP contribution in [0.15, 0.2) is 29.8 Å². The third-order valence-corrected chi connectivity index (χ3v) is 4.18. The van der Waals surface area contributed by atoms with E-state index in [0.717, 1.165) is 11.8 Å². The zero-order valence-corrected chi connectivity index (χ0v) is 8.29. The fourth-order valence-corrected chi connectivity index (χ4v) is 3.50. The molecule has 1 saturated carbocycles. The second-order valence-corrected chi connectivity index (χ2v) is 4.89. The molecule has 1 aromatic carbocycles. The Balaban J connectivity index is 2.01. The minimum atomic E-state index is 0.906. The summed E-state index contributed by atoms with van der Waals surface area (Å²) in [4.78, 5) is 0. The number of hydrogen-bond acceptors (Lipinski definition) is 0. The van der Waals surface area contributed by atoms with E-state index in [9.17, 15) is 0 Å². The Bertz CT molecular complexity index is 439. The first kappa shape index (κ1) is 7.28. The monoisotopic (exact) mass is 182 g/mol. The van der Waals surface area contributed by atoms with Gasteiger partial charge in [0.2, 0.25) is 0 Å². The quantitative estimate of drug-likeness (QED) is 0.573. The van der Waals surface area contributed by atoms with E-state index in [4.69, 9.17) is 0 Å². The van der Waals surface area contributed by atoms with Crippen molar-refractivity contribution in [3.8, 4) is 0 Å². The lowest BCUT2D eigenvalue weighted by molar-refractivity contribution is 0.834. The van der Waals surface area contributed by atoms with Gasteiger partial charge in [-0.15, -0.1) is 0 Å². The normalized spacial score (nSPS) is 32.3. The van der Waals surface area contributed by atoms with E-state index in [1.165, 1.54) is 25.7 Å².